The third kappa shape index (κ3) is 2.66. The summed E-state index contributed by atoms with van der Waals surface area (Å²) >= 11 is 0. The van der Waals surface area contributed by atoms with E-state index in [0.717, 1.165) is 0 Å². The van der Waals surface area contributed by atoms with Crippen LogP contribution in [0.3, 0.4) is 0 Å². The zero-order valence-corrected chi connectivity index (χ0v) is 10.5. The highest BCUT2D eigenvalue weighted by molar-refractivity contribution is 7.89. The van der Waals surface area contributed by atoms with Crippen molar-refractivity contribution >= 4 is 10.0 Å². The highest BCUT2D eigenvalue weighted by Crippen LogP contribution is 2.18. The fourth-order valence-electron chi connectivity index (χ4n) is 1.56. The molecule has 1 aromatic rings. The first-order valence-corrected chi connectivity index (χ1v) is 6.88. The predicted molar refractivity (Wildman–Crippen MR) is 62.2 cm³/mol. The van der Waals surface area contributed by atoms with E-state index in [1.165, 1.54) is 12.1 Å². The molecule has 3 atom stereocenters. The van der Waals surface area contributed by atoms with Gasteiger partial charge in [0.2, 0.25) is 10.0 Å². The fraction of sp³-hybridized carbons (Fsp3) is 0.455. The molecule has 0 aliphatic carbocycles. The molecule has 0 spiro atoms. The minimum atomic E-state index is -3.54. The third-order valence-corrected chi connectivity index (χ3v) is 4.35. The number of nitrogens with one attached hydrogen (secondary N) is 2. The Morgan fingerprint density at radius 3 is 2.53 bits per heavy atom. The van der Waals surface area contributed by atoms with Crippen molar-refractivity contribution in [3.63, 3.8) is 0 Å². The molecule has 6 heteroatoms. The highest BCUT2D eigenvalue weighted by atomic mass is 32.2. The molecule has 0 bridgehead atoms. The van der Waals surface area contributed by atoms with Crippen LogP contribution in [0.25, 0.3) is 0 Å². The minimum Gasteiger partial charge on any atom is -0.281 e. The lowest BCUT2D eigenvalue weighted by Crippen LogP contribution is -2.38. The maximum atomic E-state index is 12.0. The van der Waals surface area contributed by atoms with Gasteiger partial charge >= 0.3 is 0 Å². The molecule has 3 unspecified atom stereocenters. The number of sulfonamides is 1. The minimum absolute atomic E-state index is 0.0695. The van der Waals surface area contributed by atoms with Crippen LogP contribution in [0.2, 0.25) is 0 Å². The summed E-state index contributed by atoms with van der Waals surface area (Å²) in [4.78, 5) is 5.40. The second-order valence-electron chi connectivity index (χ2n) is 4.16. The summed E-state index contributed by atoms with van der Waals surface area (Å²) in [6, 6.07) is 9.02. The van der Waals surface area contributed by atoms with Crippen molar-refractivity contribution in [1.29, 1.82) is 0 Å². The Morgan fingerprint density at radius 2 is 2.00 bits per heavy atom. The molecule has 1 saturated heterocycles. The van der Waals surface area contributed by atoms with Crippen LogP contribution >= 0.6 is 0 Å². The first kappa shape index (κ1) is 12.5. The monoisotopic (exact) mass is 255 g/mol. The quantitative estimate of drug-likeness (QED) is 0.832. The predicted octanol–water partition coefficient (Wildman–Crippen LogP) is 0.651. The molecule has 1 aromatic carbocycles. The topological polar surface area (TPSA) is 67.4 Å². The van der Waals surface area contributed by atoms with Gasteiger partial charge < -0.3 is 0 Å². The van der Waals surface area contributed by atoms with E-state index >= 15 is 0 Å². The summed E-state index contributed by atoms with van der Waals surface area (Å²) in [5.74, 6) is 0.0695. The number of hydrogen-bond acceptors (Lipinski definition) is 4. The van der Waals surface area contributed by atoms with Crippen LogP contribution in [-0.2, 0) is 14.9 Å². The van der Waals surface area contributed by atoms with Gasteiger partial charge in [-0.15, -0.1) is 0 Å². The Hall–Kier alpha value is -0.950. The second kappa shape index (κ2) is 4.73. The number of hydrogen-bond donors (Lipinski definition) is 2. The molecule has 1 aliphatic rings. The largest absolute Gasteiger partial charge is 0.281 e. The van der Waals surface area contributed by atoms with Gasteiger partial charge in [0.1, 0.15) is 6.23 Å². The summed E-state index contributed by atoms with van der Waals surface area (Å²) < 4.78 is 26.5. The van der Waals surface area contributed by atoms with E-state index in [1.54, 1.807) is 12.1 Å². The molecule has 0 amide bonds. The van der Waals surface area contributed by atoms with E-state index in [1.807, 2.05) is 13.8 Å². The van der Waals surface area contributed by atoms with Gasteiger partial charge in [0.15, 0.2) is 0 Å². The van der Waals surface area contributed by atoms with Gasteiger partial charge in [0.05, 0.1) is 4.90 Å². The average Bonchev–Trinajstić information content (AvgIpc) is 2.62. The van der Waals surface area contributed by atoms with Gasteiger partial charge in [0.25, 0.3) is 0 Å². The lowest BCUT2D eigenvalue weighted by Gasteiger charge is -2.16. The maximum absolute atomic E-state index is 12.0. The number of rotatable bonds is 3. The second-order valence-corrected chi connectivity index (χ2v) is 5.88. The summed E-state index contributed by atoms with van der Waals surface area (Å²) in [6.45, 7) is 3.87. The smallest absolute Gasteiger partial charge is 0.242 e. The molecule has 17 heavy (non-hydrogen) atoms. The first-order valence-electron chi connectivity index (χ1n) is 5.40. The van der Waals surface area contributed by atoms with Crippen molar-refractivity contribution in [3.8, 4) is 0 Å². The van der Waals surface area contributed by atoms with Gasteiger partial charge in [0, 0.05) is 12.0 Å². The first-order chi connectivity index (χ1) is 8.00. The summed E-state index contributed by atoms with van der Waals surface area (Å²) in [7, 11) is -3.54. The number of benzene rings is 1. The summed E-state index contributed by atoms with van der Waals surface area (Å²) in [5, 5.41) is 0. The van der Waals surface area contributed by atoms with Crippen molar-refractivity contribution in [2.24, 2.45) is 5.92 Å². The summed E-state index contributed by atoms with van der Waals surface area (Å²) in [6.07, 6.45) is -0.542. The molecular weight excluding hydrogens is 240 g/mol. The molecule has 1 radical (unpaired) electrons. The van der Waals surface area contributed by atoms with Crippen molar-refractivity contribution in [3.05, 3.63) is 30.3 Å². The molecule has 93 valence electrons. The van der Waals surface area contributed by atoms with Crippen LogP contribution in [0.5, 0.6) is 0 Å². The molecule has 5 nitrogen and oxygen atoms in total. The Kier molecular flexibility index (Phi) is 3.48. The molecule has 1 heterocycles. The molecule has 0 aromatic heterocycles. The van der Waals surface area contributed by atoms with Crippen molar-refractivity contribution < 1.29 is 13.3 Å². The van der Waals surface area contributed by atoms with Crippen LogP contribution in [0.4, 0.5) is 0 Å². The SMILES string of the molecule is CC1NOC(NS(=O)(=O)c2cc[c]cc2)C1C. The molecular formula is C11H15N2O3S. The fourth-order valence-corrected chi connectivity index (χ4v) is 2.76. The lowest BCUT2D eigenvalue weighted by molar-refractivity contribution is 0.0148. The Morgan fingerprint density at radius 1 is 1.35 bits per heavy atom. The van der Waals surface area contributed by atoms with E-state index in [4.69, 9.17) is 4.84 Å². The van der Waals surface area contributed by atoms with Gasteiger partial charge in [-0.3, -0.25) is 4.84 Å². The van der Waals surface area contributed by atoms with E-state index in [9.17, 15) is 8.42 Å². The van der Waals surface area contributed by atoms with Crippen LogP contribution < -0.4 is 10.2 Å². The van der Waals surface area contributed by atoms with Crippen molar-refractivity contribution in [1.82, 2.24) is 10.2 Å². The zero-order chi connectivity index (χ0) is 12.5. The zero-order valence-electron chi connectivity index (χ0n) is 9.67. The lowest BCUT2D eigenvalue weighted by atomic mass is 10.1. The van der Waals surface area contributed by atoms with Crippen molar-refractivity contribution in [2.45, 2.75) is 31.0 Å². The van der Waals surface area contributed by atoms with Crippen molar-refractivity contribution in [2.75, 3.05) is 0 Å². The number of hydroxylamine groups is 1. The van der Waals surface area contributed by atoms with Crippen LogP contribution in [-0.4, -0.2) is 20.7 Å². The standard InChI is InChI=1S/C11H15N2O3S/c1-8-9(2)12-16-11(8)13-17(14,15)10-6-4-3-5-7-10/h4-9,11-13H,1-2H3. The Labute approximate surface area is 101 Å². The molecule has 0 saturated carbocycles. The molecule has 1 fully saturated rings. The normalized spacial score (nSPS) is 29.4. The van der Waals surface area contributed by atoms with E-state index in [2.05, 4.69) is 16.3 Å². The van der Waals surface area contributed by atoms with Gasteiger partial charge in [-0.25, -0.2) is 8.42 Å². The van der Waals surface area contributed by atoms with E-state index in [-0.39, 0.29) is 16.9 Å². The van der Waals surface area contributed by atoms with Gasteiger partial charge in [-0.1, -0.05) is 19.1 Å². The van der Waals surface area contributed by atoms with Gasteiger partial charge in [-0.05, 0) is 25.1 Å². The average molecular weight is 255 g/mol. The van der Waals surface area contributed by atoms with Crippen LogP contribution in [0.1, 0.15) is 13.8 Å². The van der Waals surface area contributed by atoms with Gasteiger partial charge in [-0.2, -0.15) is 10.2 Å². The highest BCUT2D eigenvalue weighted by Gasteiger charge is 2.34. The Balaban J connectivity index is 2.14. The van der Waals surface area contributed by atoms with Crippen LogP contribution in [0, 0.1) is 12.0 Å². The summed E-state index contributed by atoms with van der Waals surface area (Å²) in [5.41, 5.74) is 2.76. The third-order valence-electron chi connectivity index (χ3n) is 2.92. The van der Waals surface area contributed by atoms with Crippen LogP contribution in [0.15, 0.2) is 29.2 Å². The molecule has 1 aliphatic heterocycles. The van der Waals surface area contributed by atoms with E-state index < -0.39 is 16.3 Å². The Bertz CT molecular complexity index is 475. The van der Waals surface area contributed by atoms with E-state index in [0.29, 0.717) is 0 Å². The maximum Gasteiger partial charge on any atom is 0.242 e. The molecule has 2 N–H and O–H groups in total. The molecule has 2 rings (SSSR count).